The summed E-state index contributed by atoms with van der Waals surface area (Å²) in [4.78, 5) is 19.0. The number of rotatable bonds is 6. The Morgan fingerprint density at radius 3 is 1.29 bits per heavy atom. The first kappa shape index (κ1) is 22.7. The molecule has 7 heteroatoms. The Hall–Kier alpha value is -4.10. The second-order valence-corrected chi connectivity index (χ2v) is 12.9. The number of methoxy groups -OCH3 is 2. The molecule has 0 aliphatic carbocycles. The number of nitrogens with zero attached hydrogens (tertiary/aromatic N) is 4. The number of pyridine rings is 4. The standard InChI is InChI=1S/C28H26N4O2Si/c1-33-25-26(34-2)28(24-16-10-14-22(32-24)20-12-6-8-18-30-20)35(3,4)27(25)23-15-9-13-21(31-23)19-11-5-7-17-29-19/h5-18H,1-4H3. The summed E-state index contributed by atoms with van der Waals surface area (Å²) in [5.74, 6) is 1.43. The fraction of sp³-hybridized carbons (Fsp3) is 0.143. The second-order valence-electron chi connectivity index (χ2n) is 8.69. The third kappa shape index (κ3) is 4.04. The van der Waals surface area contributed by atoms with Crippen molar-refractivity contribution < 1.29 is 9.47 Å². The maximum Gasteiger partial charge on any atom is 0.162 e. The van der Waals surface area contributed by atoms with Gasteiger partial charge in [0.25, 0.3) is 0 Å². The lowest BCUT2D eigenvalue weighted by Crippen LogP contribution is -2.29. The zero-order valence-corrected chi connectivity index (χ0v) is 21.2. The van der Waals surface area contributed by atoms with Crippen LogP contribution >= 0.6 is 0 Å². The molecule has 1 aliphatic rings. The molecule has 0 fully saturated rings. The topological polar surface area (TPSA) is 70.0 Å². The van der Waals surface area contributed by atoms with Gasteiger partial charge in [0.1, 0.15) is 8.07 Å². The Kier molecular flexibility index (Phi) is 6.01. The van der Waals surface area contributed by atoms with E-state index in [1.807, 2.05) is 72.8 Å². The summed E-state index contributed by atoms with van der Waals surface area (Å²) < 4.78 is 11.9. The van der Waals surface area contributed by atoms with Crippen molar-refractivity contribution in [2.24, 2.45) is 0 Å². The smallest absolute Gasteiger partial charge is 0.162 e. The summed E-state index contributed by atoms with van der Waals surface area (Å²) in [5.41, 5.74) is 5.03. The first-order valence-corrected chi connectivity index (χ1v) is 14.4. The minimum Gasteiger partial charge on any atom is -0.493 e. The number of hydrogen-bond acceptors (Lipinski definition) is 6. The maximum absolute atomic E-state index is 5.97. The average Bonchev–Trinajstić information content (AvgIpc) is 3.15. The molecule has 0 bridgehead atoms. The van der Waals surface area contributed by atoms with Crippen LogP contribution in [0.4, 0.5) is 0 Å². The quantitative estimate of drug-likeness (QED) is 0.326. The molecule has 35 heavy (non-hydrogen) atoms. The van der Waals surface area contributed by atoms with Gasteiger partial charge in [-0.25, -0.2) is 9.97 Å². The average molecular weight is 479 g/mol. The molecule has 1 aliphatic heterocycles. The van der Waals surface area contributed by atoms with Crippen molar-refractivity contribution in [1.29, 1.82) is 0 Å². The zero-order chi connectivity index (χ0) is 24.4. The van der Waals surface area contributed by atoms with E-state index in [0.29, 0.717) is 0 Å². The third-order valence-electron chi connectivity index (χ3n) is 6.18. The lowest BCUT2D eigenvalue weighted by molar-refractivity contribution is 0.225. The summed E-state index contributed by atoms with van der Waals surface area (Å²) in [6.45, 7) is 4.57. The van der Waals surface area contributed by atoms with Crippen LogP contribution in [0.15, 0.2) is 96.7 Å². The molecule has 0 atom stereocenters. The maximum atomic E-state index is 5.97. The lowest BCUT2D eigenvalue weighted by atomic mass is 10.2. The van der Waals surface area contributed by atoms with E-state index >= 15 is 0 Å². The molecule has 0 spiro atoms. The van der Waals surface area contributed by atoms with E-state index in [9.17, 15) is 0 Å². The van der Waals surface area contributed by atoms with Gasteiger partial charge in [-0.2, -0.15) is 0 Å². The van der Waals surface area contributed by atoms with Crippen LogP contribution < -0.4 is 0 Å². The summed E-state index contributed by atoms with van der Waals surface area (Å²) in [5, 5.41) is 2.16. The Balaban J connectivity index is 1.64. The highest BCUT2D eigenvalue weighted by molar-refractivity contribution is 7.09. The predicted octanol–water partition coefficient (Wildman–Crippen LogP) is 5.82. The van der Waals surface area contributed by atoms with Gasteiger partial charge in [0.2, 0.25) is 0 Å². The first-order chi connectivity index (χ1) is 17.0. The molecule has 4 aromatic rings. The summed E-state index contributed by atoms with van der Waals surface area (Å²) in [6.07, 6.45) is 3.56. The Morgan fingerprint density at radius 2 is 0.914 bits per heavy atom. The van der Waals surface area contributed by atoms with Gasteiger partial charge in [0, 0.05) is 22.8 Å². The van der Waals surface area contributed by atoms with Crippen molar-refractivity contribution in [3.05, 3.63) is 108 Å². The monoisotopic (exact) mass is 478 g/mol. The van der Waals surface area contributed by atoms with Crippen LogP contribution in [-0.4, -0.2) is 42.2 Å². The highest BCUT2D eigenvalue weighted by atomic mass is 28.3. The van der Waals surface area contributed by atoms with E-state index in [1.165, 1.54) is 0 Å². The largest absolute Gasteiger partial charge is 0.493 e. The van der Waals surface area contributed by atoms with E-state index < -0.39 is 8.07 Å². The molecule has 0 saturated heterocycles. The summed E-state index contributed by atoms with van der Waals surface area (Å²) in [6, 6.07) is 23.7. The van der Waals surface area contributed by atoms with E-state index in [0.717, 1.165) is 56.1 Å². The van der Waals surface area contributed by atoms with Crippen LogP contribution in [-0.2, 0) is 9.47 Å². The highest BCUT2D eigenvalue weighted by Crippen LogP contribution is 2.48. The minimum absolute atomic E-state index is 0.717. The van der Waals surface area contributed by atoms with Crippen LogP contribution in [0, 0.1) is 0 Å². The molecular formula is C28H26N4O2Si. The molecule has 0 radical (unpaired) electrons. The molecule has 5 heterocycles. The van der Waals surface area contributed by atoms with Gasteiger partial charge in [-0.1, -0.05) is 37.4 Å². The molecule has 0 saturated carbocycles. The molecular weight excluding hydrogens is 452 g/mol. The van der Waals surface area contributed by atoms with Gasteiger partial charge in [-0.15, -0.1) is 0 Å². The van der Waals surface area contributed by atoms with Crippen molar-refractivity contribution in [1.82, 2.24) is 19.9 Å². The first-order valence-electron chi connectivity index (χ1n) is 11.4. The molecule has 0 N–H and O–H groups in total. The van der Waals surface area contributed by atoms with E-state index in [2.05, 4.69) is 23.1 Å². The molecule has 5 rings (SSSR count). The van der Waals surface area contributed by atoms with Crippen LogP contribution in [0.3, 0.4) is 0 Å². The van der Waals surface area contributed by atoms with E-state index in [1.54, 1.807) is 26.6 Å². The van der Waals surface area contributed by atoms with Gasteiger partial charge in [0.05, 0.1) is 48.4 Å². The Labute approximate surface area is 206 Å². The van der Waals surface area contributed by atoms with Gasteiger partial charge >= 0.3 is 0 Å². The summed E-state index contributed by atoms with van der Waals surface area (Å²) in [7, 11) is 1.01. The fourth-order valence-electron chi connectivity index (χ4n) is 4.64. The second kappa shape index (κ2) is 9.27. The van der Waals surface area contributed by atoms with Crippen LogP contribution in [0.5, 0.6) is 0 Å². The van der Waals surface area contributed by atoms with Gasteiger partial charge in [-0.3, -0.25) is 9.97 Å². The molecule has 6 nitrogen and oxygen atoms in total. The SMILES string of the molecule is COC1=C(c2cccc(-c3ccccn3)n2)[Si](C)(C)C(c2cccc(-c3ccccn3)n2)=C1OC. The summed E-state index contributed by atoms with van der Waals surface area (Å²) >= 11 is 0. The molecule has 0 unspecified atom stereocenters. The van der Waals surface area contributed by atoms with Crippen molar-refractivity contribution in [3.8, 4) is 22.8 Å². The van der Waals surface area contributed by atoms with Crippen molar-refractivity contribution in [2.45, 2.75) is 13.1 Å². The third-order valence-corrected chi connectivity index (χ3v) is 9.65. The predicted molar refractivity (Wildman–Crippen MR) is 140 cm³/mol. The molecule has 4 aromatic heterocycles. The lowest BCUT2D eigenvalue weighted by Gasteiger charge is -2.24. The van der Waals surface area contributed by atoms with Gasteiger partial charge in [0.15, 0.2) is 11.5 Å². The number of hydrogen-bond donors (Lipinski definition) is 0. The Morgan fingerprint density at radius 1 is 0.514 bits per heavy atom. The van der Waals surface area contributed by atoms with Gasteiger partial charge in [-0.05, 0) is 48.5 Å². The van der Waals surface area contributed by atoms with E-state index in [4.69, 9.17) is 19.4 Å². The molecule has 0 amide bonds. The minimum atomic E-state index is -2.35. The normalized spacial score (nSPS) is 14.9. The van der Waals surface area contributed by atoms with Crippen LogP contribution in [0.1, 0.15) is 11.4 Å². The van der Waals surface area contributed by atoms with E-state index in [-0.39, 0.29) is 0 Å². The number of aromatic nitrogens is 4. The molecule has 0 aromatic carbocycles. The highest BCUT2D eigenvalue weighted by Gasteiger charge is 2.46. The van der Waals surface area contributed by atoms with Crippen molar-refractivity contribution in [3.63, 3.8) is 0 Å². The van der Waals surface area contributed by atoms with Crippen molar-refractivity contribution >= 4 is 18.5 Å². The van der Waals surface area contributed by atoms with Crippen LogP contribution in [0.25, 0.3) is 33.2 Å². The fourth-order valence-corrected chi connectivity index (χ4v) is 8.02. The zero-order valence-electron chi connectivity index (χ0n) is 20.2. The van der Waals surface area contributed by atoms with Crippen molar-refractivity contribution in [2.75, 3.05) is 14.2 Å². The van der Waals surface area contributed by atoms with Gasteiger partial charge < -0.3 is 9.47 Å². The van der Waals surface area contributed by atoms with Crippen LogP contribution in [0.2, 0.25) is 13.1 Å². The number of ether oxygens (including phenoxy) is 2. The Bertz CT molecular complexity index is 1320. The molecule has 174 valence electrons.